The molecule has 2 saturated heterocycles. The molecule has 2 unspecified atom stereocenters. The second-order valence-corrected chi connectivity index (χ2v) is 5.99. The summed E-state index contributed by atoms with van der Waals surface area (Å²) in [6.07, 6.45) is 4.23. The number of hydrogen-bond donors (Lipinski definition) is 0. The highest BCUT2D eigenvalue weighted by Crippen LogP contribution is 2.22. The first-order chi connectivity index (χ1) is 7.28. The van der Waals surface area contributed by atoms with Crippen LogP contribution < -0.4 is 0 Å². The molecule has 0 aliphatic carbocycles. The van der Waals surface area contributed by atoms with Crippen LogP contribution >= 0.6 is 15.9 Å². The fraction of sp³-hybridized carbons (Fsp3) is 1.00. The fourth-order valence-corrected chi connectivity index (χ4v) is 3.51. The van der Waals surface area contributed by atoms with Gasteiger partial charge < -0.3 is 9.80 Å². The first-order valence-electron chi connectivity index (χ1n) is 6.25. The lowest BCUT2D eigenvalue weighted by Gasteiger charge is -2.33. The molecule has 2 rings (SSSR count). The standard InChI is InChI=1S/C12H23BrN2/c1-14-6-4-12(8-14)10-15-5-2-3-11(7-13)9-15/h11-12H,2-10H2,1H3. The van der Waals surface area contributed by atoms with Crippen molar-refractivity contribution in [2.24, 2.45) is 11.8 Å². The number of piperidine rings is 1. The van der Waals surface area contributed by atoms with Gasteiger partial charge in [0.05, 0.1) is 0 Å². The van der Waals surface area contributed by atoms with Crippen LogP contribution in [0.3, 0.4) is 0 Å². The predicted molar refractivity (Wildman–Crippen MR) is 68.6 cm³/mol. The maximum atomic E-state index is 3.63. The van der Waals surface area contributed by atoms with Gasteiger partial charge >= 0.3 is 0 Å². The molecule has 0 amide bonds. The van der Waals surface area contributed by atoms with Gasteiger partial charge in [0, 0.05) is 25.0 Å². The number of hydrogen-bond acceptors (Lipinski definition) is 2. The van der Waals surface area contributed by atoms with Crippen molar-refractivity contribution < 1.29 is 0 Å². The SMILES string of the molecule is CN1CCC(CN2CCCC(CBr)C2)C1. The Hall–Kier alpha value is 0.400. The molecular weight excluding hydrogens is 252 g/mol. The number of nitrogens with zero attached hydrogens (tertiary/aromatic N) is 2. The summed E-state index contributed by atoms with van der Waals surface area (Å²) in [6, 6.07) is 0. The van der Waals surface area contributed by atoms with Crippen molar-refractivity contribution in [1.82, 2.24) is 9.80 Å². The van der Waals surface area contributed by atoms with Crippen LogP contribution in [0.4, 0.5) is 0 Å². The molecule has 2 atom stereocenters. The smallest absolute Gasteiger partial charge is 0.00718 e. The Morgan fingerprint density at radius 3 is 2.67 bits per heavy atom. The zero-order valence-electron chi connectivity index (χ0n) is 9.79. The number of likely N-dealkylation sites (tertiary alicyclic amines) is 2. The van der Waals surface area contributed by atoms with Crippen molar-refractivity contribution in [3.8, 4) is 0 Å². The summed E-state index contributed by atoms with van der Waals surface area (Å²) < 4.78 is 0. The maximum absolute atomic E-state index is 3.63. The lowest BCUT2D eigenvalue weighted by Crippen LogP contribution is -2.39. The molecule has 0 radical (unpaired) electrons. The van der Waals surface area contributed by atoms with E-state index < -0.39 is 0 Å². The summed E-state index contributed by atoms with van der Waals surface area (Å²) in [5, 5.41) is 1.19. The van der Waals surface area contributed by atoms with Gasteiger partial charge in [-0.1, -0.05) is 15.9 Å². The normalized spacial score (nSPS) is 34.8. The lowest BCUT2D eigenvalue weighted by atomic mass is 9.98. The van der Waals surface area contributed by atoms with Crippen LogP contribution in [0.25, 0.3) is 0 Å². The number of rotatable bonds is 3. The van der Waals surface area contributed by atoms with Crippen LogP contribution in [-0.4, -0.2) is 54.9 Å². The van der Waals surface area contributed by atoms with Crippen molar-refractivity contribution in [3.63, 3.8) is 0 Å². The van der Waals surface area contributed by atoms with E-state index in [0.29, 0.717) is 0 Å². The van der Waals surface area contributed by atoms with Crippen LogP contribution in [0.5, 0.6) is 0 Å². The lowest BCUT2D eigenvalue weighted by molar-refractivity contribution is 0.162. The summed E-state index contributed by atoms with van der Waals surface area (Å²) in [5.41, 5.74) is 0. The zero-order valence-corrected chi connectivity index (χ0v) is 11.4. The third kappa shape index (κ3) is 3.43. The minimum absolute atomic E-state index is 0.901. The predicted octanol–water partition coefficient (Wildman–Crippen LogP) is 2.04. The zero-order chi connectivity index (χ0) is 10.7. The first-order valence-corrected chi connectivity index (χ1v) is 7.37. The molecule has 2 heterocycles. The van der Waals surface area contributed by atoms with Gasteiger partial charge in [-0.25, -0.2) is 0 Å². The Balaban J connectivity index is 1.74. The minimum atomic E-state index is 0.901. The van der Waals surface area contributed by atoms with Crippen LogP contribution in [0.1, 0.15) is 19.3 Å². The summed E-state index contributed by atoms with van der Waals surface area (Å²) in [6.45, 7) is 6.62. The first kappa shape index (κ1) is 11.9. The molecule has 0 aromatic heterocycles. The fourth-order valence-electron chi connectivity index (χ4n) is 2.98. The van der Waals surface area contributed by atoms with E-state index >= 15 is 0 Å². The highest BCUT2D eigenvalue weighted by Gasteiger charge is 2.25. The van der Waals surface area contributed by atoms with Gasteiger partial charge in [-0.2, -0.15) is 0 Å². The molecule has 2 nitrogen and oxygen atoms in total. The summed E-state index contributed by atoms with van der Waals surface area (Å²) >= 11 is 3.63. The van der Waals surface area contributed by atoms with E-state index in [4.69, 9.17) is 0 Å². The van der Waals surface area contributed by atoms with Gasteiger partial charge in [0.2, 0.25) is 0 Å². The van der Waals surface area contributed by atoms with Crippen molar-refractivity contribution in [2.45, 2.75) is 19.3 Å². The quantitative estimate of drug-likeness (QED) is 0.727. The summed E-state index contributed by atoms with van der Waals surface area (Å²) in [4.78, 5) is 5.16. The molecule has 0 bridgehead atoms. The van der Waals surface area contributed by atoms with E-state index in [-0.39, 0.29) is 0 Å². The van der Waals surface area contributed by atoms with E-state index in [1.54, 1.807) is 0 Å². The van der Waals surface area contributed by atoms with Crippen LogP contribution in [0.15, 0.2) is 0 Å². The van der Waals surface area contributed by atoms with E-state index in [1.807, 2.05) is 0 Å². The van der Waals surface area contributed by atoms with Crippen LogP contribution in [-0.2, 0) is 0 Å². The van der Waals surface area contributed by atoms with E-state index in [2.05, 4.69) is 32.8 Å². The molecule has 88 valence electrons. The molecule has 2 aliphatic rings. The van der Waals surface area contributed by atoms with Gasteiger partial charge in [-0.15, -0.1) is 0 Å². The molecule has 0 spiro atoms. The molecule has 3 heteroatoms. The van der Waals surface area contributed by atoms with Crippen LogP contribution in [0.2, 0.25) is 0 Å². The van der Waals surface area contributed by atoms with Gasteiger partial charge in [0.15, 0.2) is 0 Å². The Morgan fingerprint density at radius 2 is 2.00 bits per heavy atom. The number of halogens is 1. The van der Waals surface area contributed by atoms with Crippen molar-refractivity contribution in [1.29, 1.82) is 0 Å². The maximum Gasteiger partial charge on any atom is 0.00718 e. The van der Waals surface area contributed by atoms with Gasteiger partial charge in [0.1, 0.15) is 0 Å². The average molecular weight is 275 g/mol. The Bertz CT molecular complexity index is 198. The molecule has 0 aromatic rings. The van der Waals surface area contributed by atoms with Crippen molar-refractivity contribution in [2.75, 3.05) is 45.1 Å². The van der Waals surface area contributed by atoms with E-state index in [9.17, 15) is 0 Å². The Morgan fingerprint density at radius 1 is 1.13 bits per heavy atom. The third-order valence-corrected chi connectivity index (χ3v) is 4.74. The highest BCUT2D eigenvalue weighted by molar-refractivity contribution is 9.09. The minimum Gasteiger partial charge on any atom is -0.306 e. The second-order valence-electron chi connectivity index (χ2n) is 5.34. The van der Waals surface area contributed by atoms with Gasteiger partial charge in [-0.05, 0) is 51.2 Å². The van der Waals surface area contributed by atoms with Gasteiger partial charge in [0.25, 0.3) is 0 Å². The van der Waals surface area contributed by atoms with Crippen molar-refractivity contribution >= 4 is 15.9 Å². The molecule has 15 heavy (non-hydrogen) atoms. The monoisotopic (exact) mass is 274 g/mol. The van der Waals surface area contributed by atoms with Crippen LogP contribution in [0, 0.1) is 11.8 Å². The Kier molecular flexibility index (Phi) is 4.47. The molecule has 0 aromatic carbocycles. The average Bonchev–Trinajstić information content (AvgIpc) is 2.64. The van der Waals surface area contributed by atoms with E-state index in [0.717, 1.165) is 11.8 Å². The molecule has 2 fully saturated rings. The molecule has 0 N–H and O–H groups in total. The Labute approximate surface area is 102 Å². The molecule has 0 saturated carbocycles. The molecule has 2 aliphatic heterocycles. The number of alkyl halides is 1. The summed E-state index contributed by atoms with van der Waals surface area (Å²) in [7, 11) is 2.25. The third-order valence-electron chi connectivity index (χ3n) is 3.83. The summed E-state index contributed by atoms with van der Waals surface area (Å²) in [5.74, 6) is 1.84. The second kappa shape index (κ2) is 5.65. The topological polar surface area (TPSA) is 6.48 Å². The van der Waals surface area contributed by atoms with Gasteiger partial charge in [-0.3, -0.25) is 0 Å². The largest absolute Gasteiger partial charge is 0.306 e. The molecular formula is C12H23BrN2. The van der Waals surface area contributed by atoms with E-state index in [1.165, 1.54) is 57.3 Å². The highest BCUT2D eigenvalue weighted by atomic mass is 79.9. The van der Waals surface area contributed by atoms with Crippen molar-refractivity contribution in [3.05, 3.63) is 0 Å².